The normalized spacial score (nSPS) is 15.2. The Labute approximate surface area is 232 Å². The van der Waals surface area contributed by atoms with Crippen LogP contribution in [0, 0.1) is 0 Å². The number of aromatic nitrogens is 8. The van der Waals surface area contributed by atoms with E-state index in [1.54, 1.807) is 24.2 Å². The monoisotopic (exact) mass is 542 g/mol. The smallest absolute Gasteiger partial charge is 0.222 e. The first-order valence-electron chi connectivity index (χ1n) is 13.4. The average Bonchev–Trinajstić information content (AvgIpc) is 3.62. The lowest BCUT2D eigenvalue weighted by Gasteiger charge is -2.17. The van der Waals surface area contributed by atoms with Gasteiger partial charge in [-0.2, -0.15) is 10.2 Å². The summed E-state index contributed by atoms with van der Waals surface area (Å²) in [6, 6.07) is 8.23. The lowest BCUT2D eigenvalue weighted by atomic mass is 10.2. The Morgan fingerprint density at radius 1 is 1.15 bits per heavy atom. The van der Waals surface area contributed by atoms with Gasteiger partial charge in [0.2, 0.25) is 5.88 Å². The molecule has 1 aliphatic rings. The minimum absolute atomic E-state index is 0.0695. The number of rotatable bonds is 6. The van der Waals surface area contributed by atoms with Crippen molar-refractivity contribution in [1.82, 2.24) is 44.0 Å². The largest absolute Gasteiger partial charge is 0.477 e. The predicted octanol–water partition coefficient (Wildman–Crippen LogP) is 3.79. The van der Waals surface area contributed by atoms with Crippen molar-refractivity contribution in [3.63, 3.8) is 0 Å². The van der Waals surface area contributed by atoms with Gasteiger partial charge in [0.05, 0.1) is 36.7 Å². The highest BCUT2D eigenvalue weighted by Crippen LogP contribution is 2.34. The van der Waals surface area contributed by atoms with Gasteiger partial charge in [0.25, 0.3) is 0 Å². The maximum atomic E-state index is 6.23. The van der Waals surface area contributed by atoms with E-state index >= 15 is 0 Å². The molecule has 4 bridgehead atoms. The molecule has 12 nitrogen and oxygen atoms in total. The molecule has 1 atom stereocenters. The van der Waals surface area contributed by atoms with E-state index in [0.717, 1.165) is 47.4 Å². The van der Waals surface area contributed by atoms with E-state index < -0.39 is 0 Å². The van der Waals surface area contributed by atoms with Crippen molar-refractivity contribution >= 4 is 22.5 Å². The molecule has 5 aromatic heterocycles. The number of anilines is 2. The first-order chi connectivity index (χ1) is 19.4. The molecular formula is C28H34N10O2. The molecule has 0 unspecified atom stereocenters. The molecule has 5 aromatic rings. The minimum Gasteiger partial charge on any atom is -0.477 e. The fourth-order valence-electron chi connectivity index (χ4n) is 5.07. The molecule has 12 heteroatoms. The number of nitrogens with one attached hydrogen (secondary N) is 1. The van der Waals surface area contributed by atoms with Crippen LogP contribution in [0.15, 0.2) is 42.9 Å². The summed E-state index contributed by atoms with van der Waals surface area (Å²) >= 11 is 0. The molecule has 0 aromatic carbocycles. The zero-order valence-electron chi connectivity index (χ0n) is 23.5. The van der Waals surface area contributed by atoms with Crippen LogP contribution in [0.1, 0.15) is 25.1 Å². The van der Waals surface area contributed by atoms with Gasteiger partial charge in [0, 0.05) is 70.3 Å². The average molecular weight is 543 g/mol. The van der Waals surface area contributed by atoms with Gasteiger partial charge >= 0.3 is 0 Å². The number of nitrogens with zero attached hydrogens (tertiary/aromatic N) is 9. The lowest BCUT2D eigenvalue weighted by Crippen LogP contribution is -2.23. The Morgan fingerprint density at radius 3 is 2.88 bits per heavy atom. The highest BCUT2D eigenvalue weighted by Gasteiger charge is 2.22. The van der Waals surface area contributed by atoms with Crippen LogP contribution in [-0.4, -0.2) is 77.9 Å². The Kier molecular flexibility index (Phi) is 6.95. The van der Waals surface area contributed by atoms with E-state index in [2.05, 4.69) is 62.7 Å². The Balaban J connectivity index is 1.40. The summed E-state index contributed by atoms with van der Waals surface area (Å²) in [5, 5.41) is 13.9. The number of hydrogen-bond donors (Lipinski definition) is 1. The molecule has 208 valence electrons. The van der Waals surface area contributed by atoms with Gasteiger partial charge in [-0.1, -0.05) is 0 Å². The Hall–Kier alpha value is -4.29. The number of fused-ring (bicyclic) bond motifs is 5. The molecule has 1 aliphatic heterocycles. The quantitative estimate of drug-likeness (QED) is 0.342. The Bertz CT molecular complexity index is 1650. The fraction of sp³-hybridized carbons (Fsp3) is 0.393. The summed E-state index contributed by atoms with van der Waals surface area (Å²) in [7, 11) is 7.78. The van der Waals surface area contributed by atoms with Gasteiger partial charge in [0.1, 0.15) is 22.9 Å². The summed E-state index contributed by atoms with van der Waals surface area (Å²) in [6.45, 7) is 5.03. The minimum atomic E-state index is 0.0695. The van der Waals surface area contributed by atoms with Crippen LogP contribution in [0.25, 0.3) is 33.7 Å². The van der Waals surface area contributed by atoms with Crippen LogP contribution >= 0.6 is 0 Å². The molecule has 6 heterocycles. The van der Waals surface area contributed by atoms with Gasteiger partial charge in [-0.3, -0.25) is 9.58 Å². The summed E-state index contributed by atoms with van der Waals surface area (Å²) < 4.78 is 17.5. The predicted molar refractivity (Wildman–Crippen MR) is 152 cm³/mol. The highest BCUT2D eigenvalue weighted by molar-refractivity contribution is 5.93. The molecule has 0 saturated heterocycles. The van der Waals surface area contributed by atoms with Crippen molar-refractivity contribution in [3.8, 4) is 28.7 Å². The Morgan fingerprint density at radius 2 is 2.02 bits per heavy atom. The first-order valence-corrected chi connectivity index (χ1v) is 13.4. The van der Waals surface area contributed by atoms with Crippen molar-refractivity contribution in [1.29, 1.82) is 0 Å². The third kappa shape index (κ3) is 4.80. The fourth-order valence-corrected chi connectivity index (χ4v) is 5.07. The lowest BCUT2D eigenvalue weighted by molar-refractivity contribution is 0.157. The molecule has 6 rings (SSSR count). The number of likely N-dealkylation sites (N-methyl/N-ethyl adjacent to an activating group) is 1. The second-order valence-electron chi connectivity index (χ2n) is 10.2. The van der Waals surface area contributed by atoms with Crippen molar-refractivity contribution in [2.45, 2.75) is 25.9 Å². The summed E-state index contributed by atoms with van der Waals surface area (Å²) in [4.78, 5) is 16.2. The van der Waals surface area contributed by atoms with Gasteiger partial charge < -0.3 is 19.4 Å². The summed E-state index contributed by atoms with van der Waals surface area (Å²) in [6.07, 6.45) is 6.09. The van der Waals surface area contributed by atoms with Crippen molar-refractivity contribution in [3.05, 3.63) is 48.5 Å². The number of pyridine rings is 1. The van der Waals surface area contributed by atoms with Gasteiger partial charge in [-0.15, -0.1) is 0 Å². The topological polar surface area (TPSA) is 113 Å². The molecule has 40 heavy (non-hydrogen) atoms. The van der Waals surface area contributed by atoms with E-state index in [1.807, 2.05) is 25.4 Å². The van der Waals surface area contributed by atoms with Crippen LogP contribution < -0.4 is 10.1 Å². The van der Waals surface area contributed by atoms with Crippen LogP contribution in [0.3, 0.4) is 0 Å². The molecule has 0 aliphatic carbocycles. The van der Waals surface area contributed by atoms with Crippen molar-refractivity contribution < 1.29 is 9.47 Å². The molecule has 0 fully saturated rings. The number of ether oxygens (including phenoxy) is 2. The molecule has 0 radical (unpaired) electrons. The third-order valence-corrected chi connectivity index (χ3v) is 7.40. The molecule has 0 amide bonds. The van der Waals surface area contributed by atoms with Crippen LogP contribution in [0.2, 0.25) is 0 Å². The summed E-state index contributed by atoms with van der Waals surface area (Å²) in [5.41, 5.74) is 4.88. The highest BCUT2D eigenvalue weighted by atomic mass is 16.5. The first kappa shape index (κ1) is 26.0. The maximum absolute atomic E-state index is 6.23. The van der Waals surface area contributed by atoms with E-state index in [4.69, 9.17) is 24.5 Å². The van der Waals surface area contributed by atoms with Crippen LogP contribution in [-0.2, 0) is 25.4 Å². The summed E-state index contributed by atoms with van der Waals surface area (Å²) in [5.74, 6) is 2.49. The number of methoxy groups -OCH3 is 1. The number of aryl methyl sites for hydroxylation is 1. The van der Waals surface area contributed by atoms with Crippen LogP contribution in [0.5, 0.6) is 5.88 Å². The van der Waals surface area contributed by atoms with Gasteiger partial charge in [-0.05, 0) is 32.2 Å². The second kappa shape index (κ2) is 10.7. The second-order valence-corrected chi connectivity index (χ2v) is 10.2. The molecule has 0 spiro atoms. The van der Waals surface area contributed by atoms with Crippen molar-refractivity contribution in [2.24, 2.45) is 14.1 Å². The van der Waals surface area contributed by atoms with E-state index in [-0.39, 0.29) is 6.04 Å². The molecular weight excluding hydrogens is 508 g/mol. The molecule has 1 N–H and O–H groups in total. The van der Waals surface area contributed by atoms with E-state index in [0.29, 0.717) is 36.6 Å². The SMILES string of the molecule is COCCN(C)Cc1ccc(-c2nn3c4cc(ncc24)Nc2ccnc(n2)-c2cnn(C)c2OCC[C@@H]3C)n1C. The third-order valence-electron chi connectivity index (χ3n) is 7.40. The van der Waals surface area contributed by atoms with E-state index in [1.165, 1.54) is 5.69 Å². The van der Waals surface area contributed by atoms with Crippen molar-refractivity contribution in [2.75, 3.05) is 39.2 Å². The zero-order chi connectivity index (χ0) is 27.8. The molecule has 0 saturated carbocycles. The number of hydrogen-bond acceptors (Lipinski definition) is 9. The zero-order valence-corrected chi connectivity index (χ0v) is 23.5. The standard InChI is InChI=1S/C28H34N10O2/c1-18-9-12-40-28-21(16-31-37(28)4)27-29-10-8-24(33-27)32-25-14-23-20(15-30-25)26(34-38(18)23)22-7-6-19(36(22)3)17-35(2)11-13-39-5/h6-8,10,14-16,18H,9,11-13,17H2,1-5H3,(H,29,30,32,33)/t18-/m0/s1. The van der Waals surface area contributed by atoms with Crippen LogP contribution in [0.4, 0.5) is 11.6 Å². The van der Waals surface area contributed by atoms with E-state index in [9.17, 15) is 0 Å². The van der Waals surface area contributed by atoms with Gasteiger partial charge in [0.15, 0.2) is 5.82 Å². The maximum Gasteiger partial charge on any atom is 0.222 e. The van der Waals surface area contributed by atoms with Gasteiger partial charge in [-0.25, -0.2) is 19.6 Å².